The van der Waals surface area contributed by atoms with Gasteiger partial charge in [-0.25, -0.2) is 9.78 Å². The molecule has 2 aromatic heterocycles. The largest absolute Gasteiger partial charge is 0.444 e. The molecule has 7 heteroatoms. The van der Waals surface area contributed by atoms with Gasteiger partial charge in [-0.1, -0.05) is 17.4 Å². The van der Waals surface area contributed by atoms with E-state index < -0.39 is 11.7 Å². The van der Waals surface area contributed by atoms with Crippen molar-refractivity contribution in [1.82, 2.24) is 9.97 Å². The van der Waals surface area contributed by atoms with Crippen molar-refractivity contribution < 1.29 is 9.53 Å². The number of carbonyl (C=O) groups excluding carboxylic acids is 1. The van der Waals surface area contributed by atoms with Gasteiger partial charge in [0.1, 0.15) is 5.60 Å². The number of ether oxygens (including phenoxy) is 1. The lowest BCUT2D eigenvalue weighted by molar-refractivity contribution is 0.0636. The Morgan fingerprint density at radius 3 is 2.72 bits per heavy atom. The summed E-state index contributed by atoms with van der Waals surface area (Å²) in [5.41, 5.74) is 2.43. The molecule has 0 aliphatic heterocycles. The average Bonchev–Trinajstić information content (AvgIpc) is 2.94. The van der Waals surface area contributed by atoms with Gasteiger partial charge in [-0.15, -0.1) is 11.8 Å². The Kier molecular flexibility index (Phi) is 4.96. The third-order valence-electron chi connectivity index (χ3n) is 3.28. The van der Waals surface area contributed by atoms with Gasteiger partial charge in [0, 0.05) is 22.9 Å². The Morgan fingerprint density at radius 2 is 2.00 bits per heavy atom. The minimum absolute atomic E-state index is 0.497. The van der Waals surface area contributed by atoms with Crippen molar-refractivity contribution in [2.45, 2.75) is 31.3 Å². The lowest BCUT2D eigenvalue weighted by Crippen LogP contribution is -2.27. The average molecular weight is 374 g/mol. The zero-order chi connectivity index (χ0) is 18.0. The van der Waals surface area contributed by atoms with Crippen LogP contribution in [0.5, 0.6) is 0 Å². The first-order valence-electron chi connectivity index (χ1n) is 7.74. The van der Waals surface area contributed by atoms with Crippen LogP contribution in [0, 0.1) is 0 Å². The molecule has 130 valence electrons. The summed E-state index contributed by atoms with van der Waals surface area (Å²) in [5.74, 6) is 0. The molecule has 0 bridgehead atoms. The first-order valence-corrected chi connectivity index (χ1v) is 9.78. The number of rotatable bonds is 3. The number of carbonyl (C=O) groups is 1. The molecule has 1 aromatic carbocycles. The Balaban J connectivity index is 1.85. The highest BCUT2D eigenvalue weighted by atomic mass is 32.2. The number of anilines is 1. The van der Waals surface area contributed by atoms with E-state index in [4.69, 9.17) is 4.74 Å². The van der Waals surface area contributed by atoms with E-state index in [0.29, 0.717) is 5.13 Å². The summed E-state index contributed by atoms with van der Waals surface area (Å²) in [6.07, 6.45) is 5.23. The van der Waals surface area contributed by atoms with E-state index in [1.54, 1.807) is 11.8 Å². The Morgan fingerprint density at radius 1 is 1.20 bits per heavy atom. The number of fused-ring (bicyclic) bond motifs is 1. The molecule has 0 saturated carbocycles. The first-order chi connectivity index (χ1) is 11.8. The topological polar surface area (TPSA) is 64.1 Å². The fourth-order valence-electron chi connectivity index (χ4n) is 2.24. The van der Waals surface area contributed by atoms with Gasteiger partial charge >= 0.3 is 6.09 Å². The predicted molar refractivity (Wildman–Crippen MR) is 104 cm³/mol. The van der Waals surface area contributed by atoms with Crippen molar-refractivity contribution in [3.63, 3.8) is 0 Å². The van der Waals surface area contributed by atoms with Crippen LogP contribution in [-0.2, 0) is 4.74 Å². The lowest BCUT2D eigenvalue weighted by atomic mass is 10.1. The monoisotopic (exact) mass is 373 g/mol. The fourth-order valence-corrected chi connectivity index (χ4v) is 3.54. The number of nitrogens with zero attached hydrogens (tertiary/aromatic N) is 2. The van der Waals surface area contributed by atoms with E-state index >= 15 is 0 Å². The van der Waals surface area contributed by atoms with Crippen molar-refractivity contribution >= 4 is 44.5 Å². The number of nitrogens with one attached hydrogen (secondary N) is 1. The quantitative estimate of drug-likeness (QED) is 0.620. The number of thioether (sulfide) groups is 1. The maximum absolute atomic E-state index is 11.9. The Labute approximate surface area is 154 Å². The number of aromatic nitrogens is 2. The minimum Gasteiger partial charge on any atom is -0.444 e. The van der Waals surface area contributed by atoms with Crippen LogP contribution in [-0.4, -0.2) is 27.9 Å². The number of thiazole rings is 1. The summed E-state index contributed by atoms with van der Waals surface area (Å²) < 4.78 is 6.26. The molecule has 25 heavy (non-hydrogen) atoms. The summed E-state index contributed by atoms with van der Waals surface area (Å²) in [5, 5.41) is 3.22. The van der Waals surface area contributed by atoms with Crippen LogP contribution in [0.25, 0.3) is 21.3 Å². The second-order valence-electron chi connectivity index (χ2n) is 6.44. The molecule has 1 N–H and O–H groups in total. The molecule has 1 amide bonds. The molecule has 0 saturated heterocycles. The highest BCUT2D eigenvalue weighted by molar-refractivity contribution is 7.98. The molecule has 0 atom stereocenters. The summed E-state index contributed by atoms with van der Waals surface area (Å²) in [6.45, 7) is 5.48. The second-order valence-corrected chi connectivity index (χ2v) is 8.35. The number of amides is 1. The van der Waals surface area contributed by atoms with Gasteiger partial charge in [0.15, 0.2) is 5.13 Å². The van der Waals surface area contributed by atoms with Gasteiger partial charge in [-0.2, -0.15) is 0 Å². The van der Waals surface area contributed by atoms with Gasteiger partial charge < -0.3 is 4.74 Å². The van der Waals surface area contributed by atoms with Crippen LogP contribution < -0.4 is 5.32 Å². The molecule has 5 nitrogen and oxygen atoms in total. The van der Waals surface area contributed by atoms with Crippen molar-refractivity contribution in [3.05, 3.63) is 36.7 Å². The van der Waals surface area contributed by atoms with Crippen molar-refractivity contribution in [3.8, 4) is 11.1 Å². The molecular formula is C18H19N3O2S2. The van der Waals surface area contributed by atoms with Crippen LogP contribution in [0.1, 0.15) is 20.8 Å². The van der Waals surface area contributed by atoms with Crippen molar-refractivity contribution in [1.29, 1.82) is 0 Å². The van der Waals surface area contributed by atoms with Gasteiger partial charge in [0.25, 0.3) is 0 Å². The van der Waals surface area contributed by atoms with Crippen LogP contribution in [0.3, 0.4) is 0 Å². The van der Waals surface area contributed by atoms with Gasteiger partial charge in [0.05, 0.1) is 10.2 Å². The molecule has 0 fully saturated rings. The van der Waals surface area contributed by atoms with Crippen molar-refractivity contribution in [2.75, 3.05) is 11.6 Å². The molecule has 2 heterocycles. The van der Waals surface area contributed by atoms with E-state index in [1.807, 2.05) is 51.6 Å². The molecule has 0 spiro atoms. The van der Waals surface area contributed by atoms with Gasteiger partial charge in [-0.05, 0) is 50.8 Å². The smallest absolute Gasteiger partial charge is 0.413 e. The number of benzene rings is 1. The summed E-state index contributed by atoms with van der Waals surface area (Å²) in [4.78, 5) is 21.7. The Bertz CT molecular complexity index is 916. The summed E-state index contributed by atoms with van der Waals surface area (Å²) in [7, 11) is 0. The zero-order valence-corrected chi connectivity index (χ0v) is 16.1. The van der Waals surface area contributed by atoms with Crippen LogP contribution >= 0.6 is 23.1 Å². The van der Waals surface area contributed by atoms with Crippen LogP contribution in [0.15, 0.2) is 41.6 Å². The minimum atomic E-state index is -0.538. The van der Waals surface area contributed by atoms with E-state index in [9.17, 15) is 4.79 Å². The third kappa shape index (κ3) is 4.49. The maximum Gasteiger partial charge on any atom is 0.413 e. The van der Waals surface area contributed by atoms with Crippen LogP contribution in [0.2, 0.25) is 0 Å². The molecule has 0 radical (unpaired) electrons. The van der Waals surface area contributed by atoms with E-state index in [0.717, 1.165) is 26.2 Å². The zero-order valence-electron chi connectivity index (χ0n) is 14.5. The highest BCUT2D eigenvalue weighted by Crippen LogP contribution is 2.31. The molecule has 0 unspecified atom stereocenters. The summed E-state index contributed by atoms with van der Waals surface area (Å²) in [6, 6.07) is 8.14. The molecule has 3 rings (SSSR count). The molecule has 0 aliphatic carbocycles. The SMILES string of the molecule is CSc1cncc(-c2ccc3nc(NC(=O)OC(C)(C)C)sc3c2)c1. The lowest BCUT2D eigenvalue weighted by Gasteiger charge is -2.18. The van der Waals surface area contributed by atoms with E-state index in [1.165, 1.54) is 11.3 Å². The number of hydrogen-bond acceptors (Lipinski definition) is 6. The number of pyridine rings is 1. The molecular weight excluding hydrogens is 354 g/mol. The molecule has 3 aromatic rings. The number of hydrogen-bond donors (Lipinski definition) is 1. The first kappa shape index (κ1) is 17.7. The van der Waals surface area contributed by atoms with Crippen LogP contribution in [0.4, 0.5) is 9.93 Å². The highest BCUT2D eigenvalue weighted by Gasteiger charge is 2.17. The summed E-state index contributed by atoms with van der Waals surface area (Å²) >= 11 is 3.08. The fraction of sp³-hybridized carbons (Fsp3) is 0.278. The van der Waals surface area contributed by atoms with E-state index in [2.05, 4.69) is 27.4 Å². The normalized spacial score (nSPS) is 11.5. The maximum atomic E-state index is 11.9. The predicted octanol–water partition coefficient (Wildman–Crippen LogP) is 5.43. The van der Waals surface area contributed by atoms with Gasteiger partial charge in [0.2, 0.25) is 0 Å². The molecule has 0 aliphatic rings. The van der Waals surface area contributed by atoms with Crippen molar-refractivity contribution in [2.24, 2.45) is 0 Å². The Hall–Kier alpha value is -2.12. The van der Waals surface area contributed by atoms with Gasteiger partial charge in [-0.3, -0.25) is 10.3 Å². The third-order valence-corrected chi connectivity index (χ3v) is 4.91. The van der Waals surface area contributed by atoms with E-state index in [-0.39, 0.29) is 0 Å². The second kappa shape index (κ2) is 7.01. The standard InChI is InChI=1S/C18H19N3O2S2/c1-18(2,3)23-17(22)21-16-20-14-6-5-11(8-15(14)25-16)12-7-13(24-4)10-19-9-12/h5-10H,1-4H3,(H,20,21,22).